The van der Waals surface area contributed by atoms with Gasteiger partial charge in [0.1, 0.15) is 0 Å². The van der Waals surface area contributed by atoms with E-state index in [0.717, 1.165) is 25.6 Å². The van der Waals surface area contributed by atoms with Gasteiger partial charge in [-0.25, -0.2) is 0 Å². The van der Waals surface area contributed by atoms with Crippen LogP contribution in [0.25, 0.3) is 0 Å². The molecule has 98 valence electrons. The molecule has 1 aromatic carbocycles. The van der Waals surface area contributed by atoms with E-state index < -0.39 is 0 Å². The molecule has 2 heteroatoms. The Morgan fingerprint density at radius 1 is 1.28 bits per heavy atom. The second kappa shape index (κ2) is 4.67. The van der Waals surface area contributed by atoms with Crippen LogP contribution in [0.4, 0.5) is 0 Å². The second-order valence-corrected chi connectivity index (χ2v) is 6.01. The third kappa shape index (κ3) is 2.08. The summed E-state index contributed by atoms with van der Waals surface area (Å²) in [6.45, 7) is 8.19. The van der Waals surface area contributed by atoms with Crippen molar-refractivity contribution in [2.45, 2.75) is 38.3 Å². The van der Waals surface area contributed by atoms with Crippen LogP contribution in [-0.2, 0) is 0 Å². The van der Waals surface area contributed by atoms with Crippen molar-refractivity contribution in [2.24, 2.45) is 5.92 Å². The summed E-state index contributed by atoms with van der Waals surface area (Å²) in [6, 6.07) is 11.4. The van der Waals surface area contributed by atoms with Gasteiger partial charge < -0.3 is 5.32 Å². The summed E-state index contributed by atoms with van der Waals surface area (Å²) >= 11 is 0. The van der Waals surface area contributed by atoms with Crippen molar-refractivity contribution < 1.29 is 0 Å². The molecule has 0 aromatic heterocycles. The SMILES string of the molecule is CCN1CC(c2ccccc2)NCC1(C)C1CC1. The third-order valence-corrected chi connectivity index (χ3v) is 4.87. The molecular formula is C16H24N2. The van der Waals surface area contributed by atoms with Gasteiger partial charge in [-0.05, 0) is 37.8 Å². The van der Waals surface area contributed by atoms with E-state index in [1.807, 2.05) is 0 Å². The van der Waals surface area contributed by atoms with Crippen molar-refractivity contribution in [1.29, 1.82) is 0 Å². The Labute approximate surface area is 110 Å². The van der Waals surface area contributed by atoms with Crippen LogP contribution < -0.4 is 5.32 Å². The summed E-state index contributed by atoms with van der Waals surface area (Å²) in [4.78, 5) is 2.69. The molecule has 1 aliphatic heterocycles. The first-order valence-electron chi connectivity index (χ1n) is 7.27. The van der Waals surface area contributed by atoms with Gasteiger partial charge in [-0.2, -0.15) is 0 Å². The summed E-state index contributed by atoms with van der Waals surface area (Å²) in [5.74, 6) is 0.918. The van der Waals surface area contributed by atoms with Crippen LogP contribution in [0.5, 0.6) is 0 Å². The topological polar surface area (TPSA) is 15.3 Å². The lowest BCUT2D eigenvalue weighted by Crippen LogP contribution is -2.61. The molecule has 2 atom stereocenters. The van der Waals surface area contributed by atoms with Crippen molar-refractivity contribution in [3.8, 4) is 0 Å². The molecule has 2 unspecified atom stereocenters. The van der Waals surface area contributed by atoms with Gasteiger partial charge in [0.25, 0.3) is 0 Å². The minimum atomic E-state index is 0.389. The summed E-state index contributed by atoms with van der Waals surface area (Å²) < 4.78 is 0. The Kier molecular flexibility index (Phi) is 3.16. The molecule has 1 aliphatic carbocycles. The molecule has 0 radical (unpaired) electrons. The molecule has 0 bridgehead atoms. The summed E-state index contributed by atoms with van der Waals surface area (Å²) in [5.41, 5.74) is 1.81. The van der Waals surface area contributed by atoms with Crippen molar-refractivity contribution in [3.05, 3.63) is 35.9 Å². The first-order chi connectivity index (χ1) is 8.74. The minimum Gasteiger partial charge on any atom is -0.307 e. The highest BCUT2D eigenvalue weighted by Gasteiger charge is 2.47. The van der Waals surface area contributed by atoms with Gasteiger partial charge in [0.05, 0.1) is 0 Å². The van der Waals surface area contributed by atoms with Gasteiger partial charge in [-0.15, -0.1) is 0 Å². The van der Waals surface area contributed by atoms with Crippen LogP contribution in [0.1, 0.15) is 38.3 Å². The standard InChI is InChI=1S/C16H24N2/c1-3-18-11-15(13-7-5-4-6-8-13)17-12-16(18,2)14-9-10-14/h4-8,14-15,17H,3,9-12H2,1-2H3. The van der Waals surface area contributed by atoms with E-state index in [1.165, 1.54) is 18.4 Å². The van der Waals surface area contributed by atoms with Gasteiger partial charge in [0.15, 0.2) is 0 Å². The summed E-state index contributed by atoms with van der Waals surface area (Å²) in [6.07, 6.45) is 2.84. The number of rotatable bonds is 3. The van der Waals surface area contributed by atoms with Crippen molar-refractivity contribution in [3.63, 3.8) is 0 Å². The van der Waals surface area contributed by atoms with Gasteiger partial charge in [0.2, 0.25) is 0 Å². The fourth-order valence-corrected chi connectivity index (χ4v) is 3.44. The van der Waals surface area contributed by atoms with Crippen LogP contribution in [0.15, 0.2) is 30.3 Å². The van der Waals surface area contributed by atoms with Gasteiger partial charge in [0, 0.05) is 24.7 Å². The zero-order valence-electron chi connectivity index (χ0n) is 11.5. The van der Waals surface area contributed by atoms with Crippen LogP contribution >= 0.6 is 0 Å². The van der Waals surface area contributed by atoms with Gasteiger partial charge >= 0.3 is 0 Å². The van der Waals surface area contributed by atoms with Crippen LogP contribution in [0.2, 0.25) is 0 Å². The average molecular weight is 244 g/mol. The Balaban J connectivity index is 1.76. The lowest BCUT2D eigenvalue weighted by atomic mass is 9.88. The molecule has 2 aliphatic rings. The number of nitrogens with zero attached hydrogens (tertiary/aromatic N) is 1. The molecule has 18 heavy (non-hydrogen) atoms. The maximum Gasteiger partial charge on any atom is 0.0450 e. The molecule has 1 saturated heterocycles. The zero-order chi connectivity index (χ0) is 12.6. The molecular weight excluding hydrogens is 220 g/mol. The van der Waals surface area contributed by atoms with E-state index in [0.29, 0.717) is 11.6 Å². The van der Waals surface area contributed by atoms with E-state index in [4.69, 9.17) is 0 Å². The quantitative estimate of drug-likeness (QED) is 0.879. The predicted octanol–water partition coefficient (Wildman–Crippen LogP) is 2.82. The smallest absolute Gasteiger partial charge is 0.0450 e. The Hall–Kier alpha value is -0.860. The van der Waals surface area contributed by atoms with Crippen LogP contribution in [0, 0.1) is 5.92 Å². The number of nitrogens with one attached hydrogen (secondary N) is 1. The lowest BCUT2D eigenvalue weighted by molar-refractivity contribution is 0.0396. The van der Waals surface area contributed by atoms with Crippen molar-refractivity contribution >= 4 is 0 Å². The van der Waals surface area contributed by atoms with Crippen LogP contribution in [-0.4, -0.2) is 30.1 Å². The summed E-state index contributed by atoms with van der Waals surface area (Å²) in [5, 5.41) is 3.77. The molecule has 2 fully saturated rings. The maximum atomic E-state index is 3.77. The number of hydrogen-bond donors (Lipinski definition) is 1. The monoisotopic (exact) mass is 244 g/mol. The molecule has 0 amide bonds. The summed E-state index contributed by atoms with van der Waals surface area (Å²) in [7, 11) is 0. The van der Waals surface area contributed by atoms with Crippen LogP contribution in [0.3, 0.4) is 0 Å². The molecule has 1 saturated carbocycles. The first-order valence-corrected chi connectivity index (χ1v) is 7.27. The zero-order valence-corrected chi connectivity index (χ0v) is 11.5. The normalized spacial score (nSPS) is 33.6. The molecule has 3 rings (SSSR count). The number of likely N-dealkylation sites (N-methyl/N-ethyl adjacent to an activating group) is 1. The highest BCUT2D eigenvalue weighted by molar-refractivity contribution is 5.21. The lowest BCUT2D eigenvalue weighted by Gasteiger charge is -2.48. The molecule has 1 heterocycles. The third-order valence-electron chi connectivity index (χ3n) is 4.87. The van der Waals surface area contributed by atoms with Gasteiger partial charge in [-0.3, -0.25) is 4.90 Å². The fourth-order valence-electron chi connectivity index (χ4n) is 3.44. The average Bonchev–Trinajstić information content (AvgIpc) is 3.25. The highest BCUT2D eigenvalue weighted by Crippen LogP contribution is 2.44. The van der Waals surface area contributed by atoms with E-state index in [-0.39, 0.29) is 0 Å². The number of benzene rings is 1. The fraction of sp³-hybridized carbons (Fsp3) is 0.625. The Morgan fingerprint density at radius 2 is 2.00 bits per heavy atom. The second-order valence-electron chi connectivity index (χ2n) is 6.01. The highest BCUT2D eigenvalue weighted by atomic mass is 15.3. The van der Waals surface area contributed by atoms with E-state index in [2.05, 4.69) is 54.4 Å². The number of piperazine rings is 1. The van der Waals surface area contributed by atoms with E-state index in [1.54, 1.807) is 0 Å². The molecule has 1 aromatic rings. The largest absolute Gasteiger partial charge is 0.307 e. The molecule has 1 N–H and O–H groups in total. The maximum absolute atomic E-state index is 3.77. The van der Waals surface area contributed by atoms with Crippen molar-refractivity contribution in [1.82, 2.24) is 10.2 Å². The predicted molar refractivity (Wildman–Crippen MR) is 75.6 cm³/mol. The minimum absolute atomic E-state index is 0.389. The molecule has 2 nitrogen and oxygen atoms in total. The van der Waals surface area contributed by atoms with Crippen molar-refractivity contribution in [2.75, 3.05) is 19.6 Å². The Bertz CT molecular complexity index is 399. The first kappa shape index (κ1) is 12.2. The molecule has 0 spiro atoms. The van der Waals surface area contributed by atoms with E-state index in [9.17, 15) is 0 Å². The van der Waals surface area contributed by atoms with Gasteiger partial charge in [-0.1, -0.05) is 37.3 Å². The van der Waals surface area contributed by atoms with E-state index >= 15 is 0 Å². The number of hydrogen-bond acceptors (Lipinski definition) is 2. The Morgan fingerprint density at radius 3 is 2.61 bits per heavy atom.